The molecule has 0 radical (unpaired) electrons. The predicted octanol–water partition coefficient (Wildman–Crippen LogP) is 5.13. The van der Waals surface area contributed by atoms with Crippen LogP contribution in [0.1, 0.15) is 70.9 Å². The topological polar surface area (TPSA) is 12.0 Å². The van der Waals surface area contributed by atoms with Gasteiger partial charge in [-0.15, -0.1) is 0 Å². The number of benzene rings is 1. The number of nitrogens with one attached hydrogen (secondary N) is 1. The summed E-state index contributed by atoms with van der Waals surface area (Å²) >= 11 is 0. The molecule has 114 valence electrons. The molecule has 0 bridgehead atoms. The summed E-state index contributed by atoms with van der Waals surface area (Å²) in [5.41, 5.74) is 3.24. The SMILES string of the molecule is CCCCc1ccc(CCCCCNC(C)(C)C)cc1. The van der Waals surface area contributed by atoms with E-state index in [-0.39, 0.29) is 5.54 Å². The first-order valence-electron chi connectivity index (χ1n) is 8.34. The van der Waals surface area contributed by atoms with Crippen LogP contribution in [0.3, 0.4) is 0 Å². The molecule has 1 nitrogen and oxygen atoms in total. The lowest BCUT2D eigenvalue weighted by Gasteiger charge is -2.20. The summed E-state index contributed by atoms with van der Waals surface area (Å²) in [6.45, 7) is 10.1. The molecule has 0 saturated carbocycles. The van der Waals surface area contributed by atoms with Gasteiger partial charge < -0.3 is 5.32 Å². The molecule has 1 heteroatoms. The number of rotatable bonds is 9. The molecule has 0 spiro atoms. The number of hydrogen-bond acceptors (Lipinski definition) is 1. The van der Waals surface area contributed by atoms with E-state index in [0.717, 1.165) is 6.54 Å². The van der Waals surface area contributed by atoms with Gasteiger partial charge in [-0.1, -0.05) is 44.0 Å². The van der Waals surface area contributed by atoms with Gasteiger partial charge in [0.1, 0.15) is 0 Å². The van der Waals surface area contributed by atoms with Crippen molar-refractivity contribution >= 4 is 0 Å². The molecule has 0 aliphatic carbocycles. The van der Waals surface area contributed by atoms with Gasteiger partial charge in [0.05, 0.1) is 0 Å². The van der Waals surface area contributed by atoms with Crippen molar-refractivity contribution in [2.45, 2.75) is 78.2 Å². The van der Waals surface area contributed by atoms with E-state index in [1.807, 2.05) is 0 Å². The Kier molecular flexibility index (Phi) is 7.91. The van der Waals surface area contributed by atoms with Crippen LogP contribution in [-0.4, -0.2) is 12.1 Å². The monoisotopic (exact) mass is 275 g/mol. The van der Waals surface area contributed by atoms with Crippen molar-refractivity contribution in [1.82, 2.24) is 5.32 Å². The van der Waals surface area contributed by atoms with E-state index in [1.165, 1.54) is 56.1 Å². The van der Waals surface area contributed by atoms with Crippen LogP contribution < -0.4 is 5.32 Å². The Morgan fingerprint density at radius 1 is 0.800 bits per heavy atom. The summed E-state index contributed by atoms with van der Waals surface area (Å²) in [6, 6.07) is 9.26. The van der Waals surface area contributed by atoms with Gasteiger partial charge in [-0.2, -0.15) is 0 Å². The Morgan fingerprint density at radius 3 is 1.85 bits per heavy atom. The quantitative estimate of drug-likeness (QED) is 0.616. The second-order valence-corrected chi connectivity index (χ2v) is 6.91. The van der Waals surface area contributed by atoms with E-state index in [9.17, 15) is 0 Å². The third-order valence-electron chi connectivity index (χ3n) is 3.64. The molecule has 0 heterocycles. The van der Waals surface area contributed by atoms with Crippen LogP contribution in [0.4, 0.5) is 0 Å². The highest BCUT2D eigenvalue weighted by molar-refractivity contribution is 5.22. The largest absolute Gasteiger partial charge is 0.312 e. The van der Waals surface area contributed by atoms with Crippen molar-refractivity contribution in [3.63, 3.8) is 0 Å². The zero-order chi connectivity index (χ0) is 14.8. The molecular formula is C19H33N. The van der Waals surface area contributed by atoms with Crippen LogP contribution in [0.5, 0.6) is 0 Å². The van der Waals surface area contributed by atoms with Crippen LogP contribution in [0, 0.1) is 0 Å². The average molecular weight is 275 g/mol. The van der Waals surface area contributed by atoms with Gasteiger partial charge in [0.2, 0.25) is 0 Å². The zero-order valence-electron chi connectivity index (χ0n) is 14.0. The lowest BCUT2D eigenvalue weighted by Crippen LogP contribution is -2.36. The zero-order valence-corrected chi connectivity index (χ0v) is 14.0. The second-order valence-electron chi connectivity index (χ2n) is 6.91. The fourth-order valence-corrected chi connectivity index (χ4v) is 2.35. The molecule has 0 atom stereocenters. The minimum Gasteiger partial charge on any atom is -0.312 e. The standard InChI is InChI=1S/C19H33N/c1-5-6-10-17-12-14-18(15-13-17)11-8-7-9-16-20-19(2,3)4/h12-15,20H,5-11,16H2,1-4H3. The predicted molar refractivity (Wildman–Crippen MR) is 90.4 cm³/mol. The van der Waals surface area contributed by atoms with Crippen molar-refractivity contribution in [2.75, 3.05) is 6.54 Å². The van der Waals surface area contributed by atoms with Gasteiger partial charge in [-0.25, -0.2) is 0 Å². The molecule has 0 aliphatic heterocycles. The Bertz CT molecular complexity index is 345. The van der Waals surface area contributed by atoms with Crippen LogP contribution in [-0.2, 0) is 12.8 Å². The van der Waals surface area contributed by atoms with Gasteiger partial charge in [0, 0.05) is 5.54 Å². The summed E-state index contributed by atoms with van der Waals surface area (Å²) in [4.78, 5) is 0. The molecule has 1 aromatic rings. The minimum absolute atomic E-state index is 0.258. The number of hydrogen-bond donors (Lipinski definition) is 1. The lowest BCUT2D eigenvalue weighted by atomic mass is 10.0. The maximum absolute atomic E-state index is 3.55. The average Bonchev–Trinajstić information content (AvgIpc) is 2.40. The molecule has 1 aromatic carbocycles. The van der Waals surface area contributed by atoms with Crippen molar-refractivity contribution in [3.05, 3.63) is 35.4 Å². The highest BCUT2D eigenvalue weighted by Gasteiger charge is 2.06. The summed E-state index contributed by atoms with van der Waals surface area (Å²) in [7, 11) is 0. The van der Waals surface area contributed by atoms with Gasteiger partial charge in [0.25, 0.3) is 0 Å². The molecule has 0 amide bonds. The van der Waals surface area contributed by atoms with Crippen LogP contribution >= 0.6 is 0 Å². The summed E-state index contributed by atoms with van der Waals surface area (Å²) < 4.78 is 0. The van der Waals surface area contributed by atoms with Crippen molar-refractivity contribution < 1.29 is 0 Å². The highest BCUT2D eigenvalue weighted by Crippen LogP contribution is 2.11. The van der Waals surface area contributed by atoms with E-state index in [1.54, 1.807) is 0 Å². The summed E-state index contributed by atoms with van der Waals surface area (Å²) in [5.74, 6) is 0. The molecular weight excluding hydrogens is 242 g/mol. The maximum Gasteiger partial charge on any atom is 0.00965 e. The maximum atomic E-state index is 3.55. The molecule has 0 aromatic heterocycles. The Morgan fingerprint density at radius 2 is 1.35 bits per heavy atom. The summed E-state index contributed by atoms with van der Waals surface area (Å²) in [6.07, 6.45) is 8.95. The number of aryl methyl sites for hydroxylation is 2. The Labute approximate surface area is 126 Å². The minimum atomic E-state index is 0.258. The van der Waals surface area contributed by atoms with Gasteiger partial charge in [-0.05, 0) is 70.5 Å². The van der Waals surface area contributed by atoms with E-state index in [4.69, 9.17) is 0 Å². The first-order valence-corrected chi connectivity index (χ1v) is 8.34. The Hall–Kier alpha value is -0.820. The molecule has 0 fully saturated rings. The molecule has 1 N–H and O–H groups in total. The normalized spacial score (nSPS) is 11.8. The Balaban J connectivity index is 2.13. The fourth-order valence-electron chi connectivity index (χ4n) is 2.35. The van der Waals surface area contributed by atoms with Crippen molar-refractivity contribution in [2.24, 2.45) is 0 Å². The molecule has 0 unspecified atom stereocenters. The van der Waals surface area contributed by atoms with Crippen molar-refractivity contribution in [1.29, 1.82) is 0 Å². The number of unbranched alkanes of at least 4 members (excludes halogenated alkanes) is 3. The second kappa shape index (κ2) is 9.18. The third-order valence-corrected chi connectivity index (χ3v) is 3.64. The third kappa shape index (κ3) is 8.37. The highest BCUT2D eigenvalue weighted by atomic mass is 14.9. The van der Waals surface area contributed by atoms with Gasteiger partial charge >= 0.3 is 0 Å². The first-order chi connectivity index (χ1) is 9.51. The molecule has 1 rings (SSSR count). The van der Waals surface area contributed by atoms with Crippen LogP contribution in [0.25, 0.3) is 0 Å². The smallest absolute Gasteiger partial charge is 0.00965 e. The van der Waals surface area contributed by atoms with Crippen LogP contribution in [0.2, 0.25) is 0 Å². The van der Waals surface area contributed by atoms with Crippen molar-refractivity contribution in [3.8, 4) is 0 Å². The summed E-state index contributed by atoms with van der Waals surface area (Å²) in [5, 5.41) is 3.55. The van der Waals surface area contributed by atoms with E-state index in [0.29, 0.717) is 0 Å². The van der Waals surface area contributed by atoms with E-state index >= 15 is 0 Å². The van der Waals surface area contributed by atoms with E-state index < -0.39 is 0 Å². The van der Waals surface area contributed by atoms with E-state index in [2.05, 4.69) is 57.3 Å². The van der Waals surface area contributed by atoms with Gasteiger partial charge in [-0.3, -0.25) is 0 Å². The lowest BCUT2D eigenvalue weighted by molar-refractivity contribution is 0.417. The van der Waals surface area contributed by atoms with Gasteiger partial charge in [0.15, 0.2) is 0 Å². The molecule has 0 saturated heterocycles. The molecule has 20 heavy (non-hydrogen) atoms. The van der Waals surface area contributed by atoms with Crippen LogP contribution in [0.15, 0.2) is 24.3 Å². The first kappa shape index (κ1) is 17.2. The fraction of sp³-hybridized carbons (Fsp3) is 0.684. The molecule has 0 aliphatic rings.